The Morgan fingerprint density at radius 2 is 2.15 bits per heavy atom. The van der Waals surface area contributed by atoms with Crippen molar-refractivity contribution in [3.05, 3.63) is 30.1 Å². The first-order valence-electron chi connectivity index (χ1n) is 8.42. The summed E-state index contributed by atoms with van der Waals surface area (Å²) in [5.41, 5.74) is -1.49. The highest BCUT2D eigenvalue weighted by atomic mass is 16.6. The molecule has 27 heavy (non-hydrogen) atoms. The van der Waals surface area contributed by atoms with Crippen LogP contribution in [0.25, 0.3) is 0 Å². The Morgan fingerprint density at radius 3 is 2.67 bits per heavy atom. The number of carboxylic acids is 1. The topological polar surface area (TPSA) is 163 Å². The van der Waals surface area contributed by atoms with Gasteiger partial charge in [0.25, 0.3) is 0 Å². The number of nitrogens with one attached hydrogen (secondary N) is 1. The van der Waals surface area contributed by atoms with Crippen LogP contribution in [0.15, 0.2) is 24.5 Å². The molecule has 0 bridgehead atoms. The highest BCUT2D eigenvalue weighted by molar-refractivity contribution is 5.74. The monoisotopic (exact) mass is 384 g/mol. The molecule has 1 aromatic heterocycles. The van der Waals surface area contributed by atoms with Gasteiger partial charge in [-0.3, -0.25) is 4.79 Å². The molecule has 0 spiro atoms. The van der Waals surface area contributed by atoms with Gasteiger partial charge in [0.15, 0.2) is 12.4 Å². The second kappa shape index (κ2) is 8.28. The Morgan fingerprint density at radius 1 is 1.48 bits per heavy atom. The van der Waals surface area contributed by atoms with Crippen LogP contribution in [0.1, 0.15) is 18.9 Å². The smallest absolute Gasteiger partial charge is 0.316 e. The number of carboxylic acid groups (broad SMARTS) is 1. The second-order valence-electron chi connectivity index (χ2n) is 6.68. The molecule has 1 saturated heterocycles. The molecule has 5 N–H and O–H groups in total. The Hall–Kier alpha value is -2.11. The molecule has 0 saturated carbocycles. The number of aliphatic hydroxyl groups excluding tert-OH is 4. The summed E-state index contributed by atoms with van der Waals surface area (Å²) in [6.07, 6.45) is -4.06. The zero-order valence-electron chi connectivity index (χ0n) is 15.0. The van der Waals surface area contributed by atoms with E-state index < -0.39 is 61.1 Å². The van der Waals surface area contributed by atoms with E-state index in [0.29, 0.717) is 5.56 Å². The number of amides is 1. The van der Waals surface area contributed by atoms with Gasteiger partial charge in [-0.05, 0) is 13.0 Å². The molecule has 0 aromatic carbocycles. The zero-order valence-corrected chi connectivity index (χ0v) is 15.0. The van der Waals surface area contributed by atoms with Crippen LogP contribution in [0.5, 0.6) is 0 Å². The van der Waals surface area contributed by atoms with E-state index in [4.69, 9.17) is 9.84 Å². The number of carbonyl (C=O) groups is 2. The maximum absolute atomic E-state index is 12.0. The average molecular weight is 384 g/mol. The number of aromatic nitrogens is 1. The first-order chi connectivity index (χ1) is 12.6. The summed E-state index contributed by atoms with van der Waals surface area (Å²) in [4.78, 5) is 23.5. The zero-order chi connectivity index (χ0) is 20.4. The molecular weight excluding hydrogens is 360 g/mol. The Kier molecular flexibility index (Phi) is 6.50. The predicted molar refractivity (Wildman–Crippen MR) is 86.6 cm³/mol. The fourth-order valence-corrected chi connectivity index (χ4v) is 3.22. The summed E-state index contributed by atoms with van der Waals surface area (Å²) < 4.78 is 6.84. The third kappa shape index (κ3) is 4.25. The second-order valence-corrected chi connectivity index (χ2v) is 6.68. The lowest BCUT2D eigenvalue weighted by Crippen LogP contribution is -2.76. The lowest BCUT2D eigenvalue weighted by molar-refractivity contribution is -0.807. The Bertz CT molecular complexity index is 699. The van der Waals surface area contributed by atoms with Crippen LogP contribution in [0.2, 0.25) is 0 Å². The van der Waals surface area contributed by atoms with Gasteiger partial charge in [0.2, 0.25) is 5.91 Å². The van der Waals surface area contributed by atoms with Crippen molar-refractivity contribution in [1.82, 2.24) is 5.32 Å². The Labute approximate surface area is 155 Å². The van der Waals surface area contributed by atoms with Crippen LogP contribution >= 0.6 is 0 Å². The van der Waals surface area contributed by atoms with E-state index in [1.165, 1.54) is 23.9 Å². The number of pyridine rings is 1. The number of aryl methyl sites for hydroxylation is 1. The van der Waals surface area contributed by atoms with Gasteiger partial charge in [-0.25, -0.2) is 0 Å². The maximum atomic E-state index is 12.0. The van der Waals surface area contributed by atoms with Gasteiger partial charge in [0.05, 0.1) is 25.2 Å². The van der Waals surface area contributed by atoms with Gasteiger partial charge in [0, 0.05) is 18.6 Å². The largest absolute Gasteiger partial charge is 0.541 e. The van der Waals surface area contributed by atoms with Gasteiger partial charge >= 0.3 is 5.72 Å². The molecular formula is C17H24N2O8. The van der Waals surface area contributed by atoms with E-state index in [2.05, 4.69) is 5.32 Å². The molecule has 10 heteroatoms. The van der Waals surface area contributed by atoms with Crippen molar-refractivity contribution >= 4 is 11.9 Å². The van der Waals surface area contributed by atoms with E-state index in [1.807, 2.05) is 0 Å². The minimum absolute atomic E-state index is 0.479. The van der Waals surface area contributed by atoms with Crippen LogP contribution in [-0.2, 0) is 20.1 Å². The fourth-order valence-electron chi connectivity index (χ4n) is 3.22. The van der Waals surface area contributed by atoms with E-state index in [0.717, 1.165) is 0 Å². The molecule has 2 rings (SSSR count). The van der Waals surface area contributed by atoms with Crippen molar-refractivity contribution in [2.45, 2.75) is 56.5 Å². The third-order valence-corrected chi connectivity index (χ3v) is 4.56. The number of ether oxygens (including phenoxy) is 1. The summed E-state index contributed by atoms with van der Waals surface area (Å²) in [5.74, 6) is -2.23. The highest BCUT2D eigenvalue weighted by Gasteiger charge is 2.57. The van der Waals surface area contributed by atoms with Crippen LogP contribution in [0.3, 0.4) is 0 Å². The molecule has 6 atom stereocenters. The molecule has 1 aliphatic heterocycles. The number of aliphatic hydroxyl groups is 4. The quantitative estimate of drug-likeness (QED) is 0.310. The number of rotatable bonds is 6. The average Bonchev–Trinajstić information content (AvgIpc) is 2.61. The van der Waals surface area contributed by atoms with Crippen LogP contribution in [-0.4, -0.2) is 69.4 Å². The first kappa shape index (κ1) is 21.2. The van der Waals surface area contributed by atoms with Crippen LogP contribution in [0, 0.1) is 6.92 Å². The summed E-state index contributed by atoms with van der Waals surface area (Å²) in [6.45, 7) is 2.06. The normalized spacial score (nSPS) is 30.4. The molecule has 0 aliphatic carbocycles. The fraction of sp³-hybridized carbons (Fsp3) is 0.588. The van der Waals surface area contributed by atoms with Crippen LogP contribution < -0.4 is 15.0 Å². The molecule has 1 fully saturated rings. The third-order valence-electron chi connectivity index (χ3n) is 4.56. The molecule has 0 unspecified atom stereocenters. The molecule has 10 nitrogen and oxygen atoms in total. The highest BCUT2D eigenvalue weighted by Crippen LogP contribution is 2.32. The van der Waals surface area contributed by atoms with Gasteiger partial charge in [-0.1, -0.05) is 0 Å². The van der Waals surface area contributed by atoms with Crippen molar-refractivity contribution in [3.8, 4) is 0 Å². The molecule has 1 aromatic rings. The molecule has 150 valence electrons. The van der Waals surface area contributed by atoms with Gasteiger partial charge in [-0.2, -0.15) is 4.57 Å². The van der Waals surface area contributed by atoms with E-state index in [1.54, 1.807) is 19.1 Å². The standard InChI is InChI=1S/C17H24N2O8/c1-9-4-3-5-19(7-9)17(16(25)26)6-11(22)13(18-10(2)21)15(27-17)14(24)12(23)8-20/h3-5,7,11-15,20,22-24H,6,8H2,1-2H3,(H-,18,21,25,26)/t11-,12+,13+,14+,15+,17+/m0/s1. The number of carbonyl (C=O) groups excluding carboxylic acids is 2. The maximum Gasteiger partial charge on any atom is 0.316 e. The van der Waals surface area contributed by atoms with Crippen molar-refractivity contribution in [3.63, 3.8) is 0 Å². The summed E-state index contributed by atoms with van der Waals surface area (Å²) in [5, 5.41) is 54.2. The van der Waals surface area contributed by atoms with Gasteiger partial charge in [-0.15, -0.1) is 0 Å². The lowest BCUT2D eigenvalue weighted by atomic mass is 9.87. The number of hydrogen-bond donors (Lipinski definition) is 5. The van der Waals surface area contributed by atoms with Crippen LogP contribution in [0.4, 0.5) is 0 Å². The van der Waals surface area contributed by atoms with Crippen molar-refractivity contribution in [2.24, 2.45) is 0 Å². The summed E-state index contributed by atoms with van der Waals surface area (Å²) >= 11 is 0. The van der Waals surface area contributed by atoms with E-state index in [-0.39, 0.29) is 0 Å². The number of nitrogens with zero attached hydrogens (tertiary/aromatic N) is 1. The number of aliphatic carboxylic acids is 1. The van der Waals surface area contributed by atoms with Crippen molar-refractivity contribution in [1.29, 1.82) is 0 Å². The van der Waals surface area contributed by atoms with E-state index >= 15 is 0 Å². The number of hydrogen-bond acceptors (Lipinski definition) is 8. The molecule has 2 heterocycles. The summed E-state index contributed by atoms with van der Waals surface area (Å²) in [7, 11) is 0. The minimum atomic E-state index is -2.19. The van der Waals surface area contributed by atoms with E-state index in [9.17, 15) is 30.0 Å². The van der Waals surface area contributed by atoms with Crippen molar-refractivity contribution in [2.75, 3.05) is 6.61 Å². The van der Waals surface area contributed by atoms with Gasteiger partial charge < -0.3 is 40.4 Å². The van der Waals surface area contributed by atoms with Crippen molar-refractivity contribution < 1.29 is 44.4 Å². The Balaban J connectivity index is 2.52. The lowest BCUT2D eigenvalue weighted by Gasteiger charge is -2.45. The first-order valence-corrected chi connectivity index (χ1v) is 8.42. The molecule has 1 amide bonds. The van der Waals surface area contributed by atoms with Gasteiger partial charge in [0.1, 0.15) is 24.3 Å². The minimum Gasteiger partial charge on any atom is -0.541 e. The molecule has 1 aliphatic rings. The SMILES string of the molecule is CC(=O)N[C@H]1[C@H]([C@H](O)[C@H](O)CO)O[C@](C(=O)[O-])([n+]2cccc(C)c2)C[C@@H]1O. The predicted octanol–water partition coefficient (Wildman–Crippen LogP) is -3.95. The summed E-state index contributed by atoms with van der Waals surface area (Å²) in [6, 6.07) is 2.08. The molecule has 0 radical (unpaired) electrons.